The lowest BCUT2D eigenvalue weighted by molar-refractivity contribution is 0.0964. The van der Waals surface area contributed by atoms with E-state index in [1.165, 1.54) is 4.90 Å². The molecule has 2 nitrogen and oxygen atoms in total. The number of rotatable bonds is 5. The predicted octanol–water partition coefficient (Wildman–Crippen LogP) is 3.37. The van der Waals surface area contributed by atoms with Crippen molar-refractivity contribution in [2.24, 2.45) is 5.92 Å². The lowest BCUT2D eigenvalue weighted by atomic mass is 9.98. The summed E-state index contributed by atoms with van der Waals surface area (Å²) in [6.45, 7) is 6.41. The maximum absolute atomic E-state index is 12.1. The highest BCUT2D eigenvalue weighted by Gasteiger charge is 2.18. The lowest BCUT2D eigenvalue weighted by Crippen LogP contribution is -2.12. The van der Waals surface area contributed by atoms with Crippen LogP contribution >= 0.6 is 11.8 Å². The molecule has 0 bridgehead atoms. The van der Waals surface area contributed by atoms with Gasteiger partial charge < -0.3 is 5.32 Å². The standard InChI is InChI=1S/C15H21NOS/c1-11(2)18-14-5-3-13(4-6-14)15(17)9-12-7-8-16-10-12/h3-6,11-12,16H,7-10H2,1-2H3. The molecule has 1 unspecified atom stereocenters. The number of thioether (sulfide) groups is 1. The fourth-order valence-corrected chi connectivity index (χ4v) is 3.10. The van der Waals surface area contributed by atoms with E-state index in [0.29, 0.717) is 17.6 Å². The van der Waals surface area contributed by atoms with Crippen molar-refractivity contribution in [2.45, 2.75) is 36.8 Å². The van der Waals surface area contributed by atoms with Gasteiger partial charge in [0.15, 0.2) is 5.78 Å². The summed E-state index contributed by atoms with van der Waals surface area (Å²) in [5.41, 5.74) is 0.856. The maximum atomic E-state index is 12.1. The third kappa shape index (κ3) is 3.85. The molecule has 0 radical (unpaired) electrons. The van der Waals surface area contributed by atoms with E-state index in [9.17, 15) is 4.79 Å². The third-order valence-corrected chi connectivity index (χ3v) is 4.20. The van der Waals surface area contributed by atoms with Crippen LogP contribution in [0.2, 0.25) is 0 Å². The predicted molar refractivity (Wildman–Crippen MR) is 77.4 cm³/mol. The topological polar surface area (TPSA) is 29.1 Å². The van der Waals surface area contributed by atoms with E-state index in [4.69, 9.17) is 0 Å². The van der Waals surface area contributed by atoms with Gasteiger partial charge in [0, 0.05) is 22.1 Å². The largest absolute Gasteiger partial charge is 0.316 e. The Labute approximate surface area is 114 Å². The quantitative estimate of drug-likeness (QED) is 0.652. The van der Waals surface area contributed by atoms with E-state index < -0.39 is 0 Å². The lowest BCUT2D eigenvalue weighted by Gasteiger charge is -2.08. The van der Waals surface area contributed by atoms with Crippen molar-refractivity contribution in [3.8, 4) is 0 Å². The van der Waals surface area contributed by atoms with Gasteiger partial charge in [0.25, 0.3) is 0 Å². The molecular weight excluding hydrogens is 242 g/mol. The molecule has 0 amide bonds. The highest BCUT2D eigenvalue weighted by atomic mass is 32.2. The highest BCUT2D eigenvalue weighted by molar-refractivity contribution is 7.99. The van der Waals surface area contributed by atoms with Crippen molar-refractivity contribution >= 4 is 17.5 Å². The summed E-state index contributed by atoms with van der Waals surface area (Å²) in [4.78, 5) is 13.3. The minimum atomic E-state index is 0.282. The average molecular weight is 263 g/mol. The molecule has 0 aromatic heterocycles. The Morgan fingerprint density at radius 3 is 2.67 bits per heavy atom. The second kappa shape index (κ2) is 6.39. The summed E-state index contributed by atoms with van der Waals surface area (Å²) in [5.74, 6) is 0.812. The fraction of sp³-hybridized carbons (Fsp3) is 0.533. The number of benzene rings is 1. The zero-order valence-electron chi connectivity index (χ0n) is 11.1. The number of carbonyl (C=O) groups excluding carboxylic acids is 1. The number of Topliss-reactive ketones (excluding diaryl/α,β-unsaturated/α-hetero) is 1. The van der Waals surface area contributed by atoms with Crippen molar-refractivity contribution in [3.63, 3.8) is 0 Å². The van der Waals surface area contributed by atoms with Gasteiger partial charge in [-0.2, -0.15) is 0 Å². The van der Waals surface area contributed by atoms with Crippen molar-refractivity contribution in [3.05, 3.63) is 29.8 Å². The second-order valence-corrected chi connectivity index (χ2v) is 6.83. The highest BCUT2D eigenvalue weighted by Crippen LogP contribution is 2.24. The summed E-state index contributed by atoms with van der Waals surface area (Å²) in [6, 6.07) is 8.06. The average Bonchev–Trinajstić information content (AvgIpc) is 2.82. The molecule has 1 aliphatic heterocycles. The van der Waals surface area contributed by atoms with Crippen LogP contribution in [0.4, 0.5) is 0 Å². The molecule has 1 heterocycles. The van der Waals surface area contributed by atoms with Crippen molar-refractivity contribution in [1.82, 2.24) is 5.32 Å². The molecule has 1 N–H and O–H groups in total. The molecule has 0 spiro atoms. The van der Waals surface area contributed by atoms with E-state index in [1.54, 1.807) is 0 Å². The first-order valence-electron chi connectivity index (χ1n) is 6.66. The molecule has 1 aromatic rings. The monoisotopic (exact) mass is 263 g/mol. The number of hydrogen-bond donors (Lipinski definition) is 1. The molecule has 98 valence electrons. The minimum Gasteiger partial charge on any atom is -0.316 e. The molecule has 0 saturated carbocycles. The first-order chi connectivity index (χ1) is 8.65. The summed E-state index contributed by atoms with van der Waals surface area (Å²) in [6.07, 6.45) is 1.82. The summed E-state index contributed by atoms with van der Waals surface area (Å²) in [5, 5.41) is 3.88. The van der Waals surface area contributed by atoms with Crippen LogP contribution in [0.1, 0.15) is 37.0 Å². The van der Waals surface area contributed by atoms with E-state index in [-0.39, 0.29) is 5.78 Å². The summed E-state index contributed by atoms with van der Waals surface area (Å²) in [7, 11) is 0. The normalized spacial score (nSPS) is 19.4. The fourth-order valence-electron chi connectivity index (χ4n) is 2.26. The smallest absolute Gasteiger partial charge is 0.163 e. The van der Waals surface area contributed by atoms with Crippen molar-refractivity contribution in [2.75, 3.05) is 13.1 Å². The van der Waals surface area contributed by atoms with E-state index in [1.807, 2.05) is 23.9 Å². The van der Waals surface area contributed by atoms with Crippen LogP contribution in [0.15, 0.2) is 29.2 Å². The molecule has 0 aliphatic carbocycles. The Morgan fingerprint density at radius 1 is 1.39 bits per heavy atom. The number of ketones is 1. The summed E-state index contributed by atoms with van der Waals surface area (Å²) < 4.78 is 0. The number of nitrogens with one attached hydrogen (secondary N) is 1. The van der Waals surface area contributed by atoms with Gasteiger partial charge in [0.1, 0.15) is 0 Å². The molecule has 1 aliphatic rings. The number of hydrogen-bond acceptors (Lipinski definition) is 3. The van der Waals surface area contributed by atoms with Gasteiger partial charge in [0.2, 0.25) is 0 Å². The molecule has 1 saturated heterocycles. The van der Waals surface area contributed by atoms with Gasteiger partial charge in [0.05, 0.1) is 0 Å². The van der Waals surface area contributed by atoms with Crippen molar-refractivity contribution < 1.29 is 4.79 Å². The Morgan fingerprint density at radius 2 is 2.11 bits per heavy atom. The van der Waals surface area contributed by atoms with E-state index >= 15 is 0 Å². The Kier molecular flexibility index (Phi) is 4.84. The summed E-state index contributed by atoms with van der Waals surface area (Å²) >= 11 is 1.83. The molecule has 1 aromatic carbocycles. The van der Waals surface area contributed by atoms with Gasteiger partial charge in [-0.05, 0) is 37.6 Å². The zero-order chi connectivity index (χ0) is 13.0. The Balaban J connectivity index is 1.93. The first-order valence-corrected chi connectivity index (χ1v) is 7.54. The molecule has 1 fully saturated rings. The Bertz CT molecular complexity index is 393. The van der Waals surface area contributed by atoms with Crippen LogP contribution in [-0.4, -0.2) is 24.1 Å². The van der Waals surface area contributed by atoms with Crippen LogP contribution in [0.25, 0.3) is 0 Å². The molecule has 2 rings (SSSR count). The van der Waals surface area contributed by atoms with Crippen LogP contribution < -0.4 is 5.32 Å². The van der Waals surface area contributed by atoms with Crippen LogP contribution in [0.3, 0.4) is 0 Å². The molecule has 3 heteroatoms. The van der Waals surface area contributed by atoms with Gasteiger partial charge in [-0.25, -0.2) is 0 Å². The van der Waals surface area contributed by atoms with Gasteiger partial charge in [-0.3, -0.25) is 4.79 Å². The van der Waals surface area contributed by atoms with Crippen LogP contribution in [0, 0.1) is 5.92 Å². The van der Waals surface area contributed by atoms with Crippen molar-refractivity contribution in [1.29, 1.82) is 0 Å². The third-order valence-electron chi connectivity index (χ3n) is 3.18. The van der Waals surface area contributed by atoms with E-state index in [0.717, 1.165) is 25.1 Å². The second-order valence-electron chi connectivity index (χ2n) is 5.18. The maximum Gasteiger partial charge on any atom is 0.163 e. The van der Waals surface area contributed by atoms with Crippen LogP contribution in [-0.2, 0) is 0 Å². The first kappa shape index (κ1) is 13.6. The molecule has 1 atom stereocenters. The molecular formula is C15H21NOS. The number of carbonyl (C=O) groups is 1. The Hall–Kier alpha value is -0.800. The van der Waals surface area contributed by atoms with Gasteiger partial charge in [-0.1, -0.05) is 26.0 Å². The van der Waals surface area contributed by atoms with Gasteiger partial charge >= 0.3 is 0 Å². The van der Waals surface area contributed by atoms with E-state index in [2.05, 4.69) is 31.3 Å². The minimum absolute atomic E-state index is 0.282. The van der Waals surface area contributed by atoms with Gasteiger partial charge in [-0.15, -0.1) is 11.8 Å². The molecule has 18 heavy (non-hydrogen) atoms. The SMILES string of the molecule is CC(C)Sc1ccc(C(=O)CC2CCNC2)cc1. The van der Waals surface area contributed by atoms with Crippen LogP contribution in [0.5, 0.6) is 0 Å². The zero-order valence-corrected chi connectivity index (χ0v) is 11.9.